The minimum Gasteiger partial charge on any atom is -0.784 e. The molecule has 94 valence electrons. The van der Waals surface area contributed by atoms with Crippen molar-refractivity contribution in [2.45, 2.75) is 38.8 Å². The molecule has 0 aromatic rings. The summed E-state index contributed by atoms with van der Waals surface area (Å²) in [7, 11) is -2.19. The number of rotatable bonds is 3. The fourth-order valence-corrected chi connectivity index (χ4v) is 3.70. The van der Waals surface area contributed by atoms with E-state index in [1.807, 2.05) is 33.8 Å². The smallest absolute Gasteiger partial charge is 0.199 e. The van der Waals surface area contributed by atoms with E-state index in [0.717, 1.165) is 21.4 Å². The molecule has 0 radical (unpaired) electrons. The SMILES string of the molecule is CC1(C)C=C(CSS(C)(=O)=O)C(C)(C)N1[O-]. The van der Waals surface area contributed by atoms with E-state index in [1.54, 1.807) is 0 Å². The molecule has 0 saturated heterocycles. The van der Waals surface area contributed by atoms with Crippen molar-refractivity contribution >= 4 is 19.7 Å². The Morgan fingerprint density at radius 3 is 2.19 bits per heavy atom. The second-order valence-corrected chi connectivity index (χ2v) is 9.60. The lowest BCUT2D eigenvalue weighted by atomic mass is 9.98. The summed E-state index contributed by atoms with van der Waals surface area (Å²) >= 11 is 0. The van der Waals surface area contributed by atoms with Crippen LogP contribution in [0.25, 0.3) is 0 Å². The summed E-state index contributed by atoms with van der Waals surface area (Å²) in [5, 5.41) is 13.0. The van der Waals surface area contributed by atoms with Gasteiger partial charge in [-0.3, -0.25) is 0 Å². The van der Waals surface area contributed by atoms with Gasteiger partial charge in [0, 0.05) is 23.1 Å². The maximum Gasteiger partial charge on any atom is 0.199 e. The van der Waals surface area contributed by atoms with Crippen LogP contribution in [0.2, 0.25) is 0 Å². The summed E-state index contributed by atoms with van der Waals surface area (Å²) in [5.41, 5.74) is -0.305. The van der Waals surface area contributed by atoms with Crippen LogP contribution >= 0.6 is 10.8 Å². The molecule has 1 rings (SSSR count). The second-order valence-electron chi connectivity index (χ2n) is 5.14. The first kappa shape index (κ1) is 14.0. The maximum absolute atomic E-state index is 12.0. The number of nitrogens with zero attached hydrogens (tertiary/aromatic N) is 1. The molecule has 0 aliphatic carbocycles. The van der Waals surface area contributed by atoms with Gasteiger partial charge in [-0.05, 0) is 44.1 Å². The van der Waals surface area contributed by atoms with Crippen molar-refractivity contribution in [1.29, 1.82) is 0 Å². The zero-order valence-electron chi connectivity index (χ0n) is 10.3. The number of hydrogen-bond donors (Lipinski definition) is 0. The lowest BCUT2D eigenvalue weighted by molar-refractivity contribution is 0.159. The Morgan fingerprint density at radius 1 is 1.38 bits per heavy atom. The predicted octanol–water partition coefficient (Wildman–Crippen LogP) is 1.98. The zero-order valence-corrected chi connectivity index (χ0v) is 11.9. The summed E-state index contributed by atoms with van der Waals surface area (Å²) in [6.45, 7) is 7.31. The van der Waals surface area contributed by atoms with Crippen LogP contribution in [0.1, 0.15) is 27.7 Å². The molecule has 0 aromatic heterocycles. The highest BCUT2D eigenvalue weighted by molar-refractivity contribution is 8.71. The molecule has 16 heavy (non-hydrogen) atoms. The summed E-state index contributed by atoms with van der Waals surface area (Å²) in [5.74, 6) is 0.355. The van der Waals surface area contributed by atoms with E-state index in [4.69, 9.17) is 0 Å². The molecule has 0 spiro atoms. The van der Waals surface area contributed by atoms with Gasteiger partial charge in [-0.25, -0.2) is 8.42 Å². The van der Waals surface area contributed by atoms with Crippen LogP contribution < -0.4 is 0 Å². The highest BCUT2D eigenvalue weighted by atomic mass is 33.1. The minimum atomic E-state index is -3.06. The van der Waals surface area contributed by atoms with Gasteiger partial charge in [0.05, 0.1) is 0 Å². The first-order valence-corrected chi connectivity index (χ1v) is 8.40. The Labute approximate surface area is 101 Å². The lowest BCUT2D eigenvalue weighted by Crippen LogP contribution is -2.46. The van der Waals surface area contributed by atoms with Gasteiger partial charge in [0.15, 0.2) is 8.87 Å². The molecule has 0 bridgehead atoms. The monoisotopic (exact) mass is 264 g/mol. The second kappa shape index (κ2) is 4.01. The van der Waals surface area contributed by atoms with E-state index >= 15 is 0 Å². The van der Waals surface area contributed by atoms with Crippen molar-refractivity contribution in [3.63, 3.8) is 0 Å². The van der Waals surface area contributed by atoms with Crippen molar-refractivity contribution in [2.24, 2.45) is 0 Å². The van der Waals surface area contributed by atoms with Crippen molar-refractivity contribution in [2.75, 3.05) is 12.0 Å². The van der Waals surface area contributed by atoms with Gasteiger partial charge in [0.2, 0.25) is 0 Å². The third-order valence-electron chi connectivity index (χ3n) is 2.77. The van der Waals surface area contributed by atoms with Gasteiger partial charge >= 0.3 is 0 Å². The summed E-state index contributed by atoms with van der Waals surface area (Å²) in [4.78, 5) is 0. The van der Waals surface area contributed by atoms with Gasteiger partial charge in [-0.2, -0.15) is 0 Å². The van der Waals surface area contributed by atoms with Crippen molar-refractivity contribution in [3.05, 3.63) is 16.9 Å². The molecule has 0 atom stereocenters. The van der Waals surface area contributed by atoms with E-state index in [0.29, 0.717) is 5.75 Å². The Hall–Kier alpha value is -0.0400. The molecule has 0 saturated carbocycles. The van der Waals surface area contributed by atoms with E-state index in [1.165, 1.54) is 6.26 Å². The molecule has 0 unspecified atom stereocenters. The van der Waals surface area contributed by atoms with Gasteiger partial charge in [0.1, 0.15) is 0 Å². The van der Waals surface area contributed by atoms with Gasteiger partial charge in [0.25, 0.3) is 0 Å². The zero-order chi connectivity index (χ0) is 12.8. The molecule has 1 heterocycles. The standard InChI is InChI=1S/C10H18NO3S2/c1-9(2)6-8(7-15-16(5,13)14)10(3,4)11(9)12/h6H,7H2,1-5H3/q-1. The fraction of sp³-hybridized carbons (Fsp3) is 0.800. The summed E-state index contributed by atoms with van der Waals surface area (Å²) in [6, 6.07) is 0. The quantitative estimate of drug-likeness (QED) is 0.576. The molecule has 1 aliphatic rings. The Bertz CT molecular complexity index is 410. The molecular formula is C10H18NO3S2-. The molecule has 0 amide bonds. The van der Waals surface area contributed by atoms with E-state index < -0.39 is 19.9 Å². The highest BCUT2D eigenvalue weighted by Gasteiger charge is 2.39. The van der Waals surface area contributed by atoms with Crippen LogP contribution in [0.15, 0.2) is 11.6 Å². The average Bonchev–Trinajstić information content (AvgIpc) is 2.22. The first-order chi connectivity index (χ1) is 6.97. The van der Waals surface area contributed by atoms with E-state index in [-0.39, 0.29) is 0 Å². The van der Waals surface area contributed by atoms with E-state index in [2.05, 4.69) is 0 Å². The fourth-order valence-electron chi connectivity index (χ4n) is 1.90. The lowest BCUT2D eigenvalue weighted by Gasteiger charge is -2.47. The maximum atomic E-state index is 12.0. The van der Waals surface area contributed by atoms with Crippen molar-refractivity contribution in [3.8, 4) is 0 Å². The van der Waals surface area contributed by atoms with Crippen LogP contribution in [-0.4, -0.2) is 36.6 Å². The van der Waals surface area contributed by atoms with Crippen molar-refractivity contribution in [1.82, 2.24) is 5.06 Å². The molecule has 6 heteroatoms. The molecule has 0 aromatic carbocycles. The Kier molecular flexibility index (Phi) is 3.52. The molecule has 1 aliphatic heterocycles. The van der Waals surface area contributed by atoms with Crippen LogP contribution in [0, 0.1) is 5.21 Å². The Balaban J connectivity index is 2.89. The van der Waals surface area contributed by atoms with Crippen LogP contribution in [0.5, 0.6) is 0 Å². The first-order valence-electron chi connectivity index (χ1n) is 5.01. The van der Waals surface area contributed by atoms with Gasteiger partial charge in [-0.15, -0.1) is 0 Å². The predicted molar refractivity (Wildman–Crippen MR) is 68.7 cm³/mol. The summed E-state index contributed by atoms with van der Waals surface area (Å²) < 4.78 is 22.2. The van der Waals surface area contributed by atoms with E-state index in [9.17, 15) is 13.6 Å². The largest absolute Gasteiger partial charge is 0.784 e. The third kappa shape index (κ3) is 2.80. The summed E-state index contributed by atoms with van der Waals surface area (Å²) in [6.07, 6.45) is 3.05. The molecule has 4 nitrogen and oxygen atoms in total. The van der Waals surface area contributed by atoms with Gasteiger partial charge < -0.3 is 10.3 Å². The Morgan fingerprint density at radius 2 is 1.88 bits per heavy atom. The molecule has 0 fully saturated rings. The highest BCUT2D eigenvalue weighted by Crippen LogP contribution is 2.40. The molecule has 0 N–H and O–H groups in total. The van der Waals surface area contributed by atoms with Gasteiger partial charge in [-0.1, -0.05) is 6.08 Å². The van der Waals surface area contributed by atoms with Crippen LogP contribution in [-0.2, 0) is 8.87 Å². The third-order valence-corrected chi connectivity index (χ3v) is 5.27. The average molecular weight is 264 g/mol. The van der Waals surface area contributed by atoms with Crippen molar-refractivity contribution < 1.29 is 8.42 Å². The normalized spacial score (nSPS) is 24.5. The topological polar surface area (TPSA) is 60.4 Å². The number of hydrogen-bond acceptors (Lipinski definition) is 5. The van der Waals surface area contributed by atoms with Crippen LogP contribution in [0.3, 0.4) is 0 Å². The molecular weight excluding hydrogens is 246 g/mol. The number of hydroxylamine groups is 2. The minimum absolute atomic E-state index is 0.355. The van der Waals surface area contributed by atoms with Crippen LogP contribution in [0.4, 0.5) is 0 Å².